The Labute approximate surface area is 141 Å². The highest BCUT2D eigenvalue weighted by Crippen LogP contribution is 2.41. The summed E-state index contributed by atoms with van der Waals surface area (Å²) in [5, 5.41) is 30.2. The molecule has 4 rings (SSSR count). The van der Waals surface area contributed by atoms with Gasteiger partial charge in [0, 0.05) is 6.20 Å². The summed E-state index contributed by atoms with van der Waals surface area (Å²) in [4.78, 5) is 8.18. The van der Waals surface area contributed by atoms with Crippen molar-refractivity contribution in [3.8, 4) is 11.5 Å². The molecule has 3 N–H and O–H groups in total. The summed E-state index contributed by atoms with van der Waals surface area (Å²) in [6.45, 7) is 0.874. The van der Waals surface area contributed by atoms with Gasteiger partial charge in [0.05, 0.1) is 18.3 Å². The third-order valence-corrected chi connectivity index (χ3v) is 4.50. The molecule has 3 aromatic heterocycles. The van der Waals surface area contributed by atoms with Crippen molar-refractivity contribution in [3.05, 3.63) is 36.7 Å². The van der Waals surface area contributed by atoms with Gasteiger partial charge in [-0.15, -0.1) is 0 Å². The van der Waals surface area contributed by atoms with Gasteiger partial charge in [-0.25, -0.2) is 14.4 Å². The third-order valence-electron chi connectivity index (χ3n) is 4.50. The second-order valence-electron chi connectivity index (χ2n) is 6.16. The summed E-state index contributed by atoms with van der Waals surface area (Å²) >= 11 is 0. The minimum atomic E-state index is -1.75. The molecule has 0 amide bonds. The molecule has 0 aliphatic carbocycles. The van der Waals surface area contributed by atoms with Crippen LogP contribution in [-0.2, 0) is 4.74 Å². The number of aliphatic hydroxyl groups is 3. The van der Waals surface area contributed by atoms with E-state index in [2.05, 4.69) is 9.97 Å². The molecular weight excluding hydrogens is 333 g/mol. The Morgan fingerprint density at radius 3 is 2.84 bits per heavy atom. The number of aromatic nitrogens is 3. The quantitative estimate of drug-likeness (QED) is 0.642. The molecule has 1 aliphatic heterocycles. The summed E-state index contributed by atoms with van der Waals surface area (Å²) in [6.07, 6.45) is 0.356. The molecule has 25 heavy (non-hydrogen) atoms. The molecule has 0 aromatic carbocycles. The van der Waals surface area contributed by atoms with E-state index in [-0.39, 0.29) is 16.7 Å². The normalized spacial score (nSPS) is 29.6. The summed E-state index contributed by atoms with van der Waals surface area (Å²) in [7, 11) is 0. The molecule has 1 saturated heterocycles. The Balaban J connectivity index is 1.89. The molecule has 9 heteroatoms. The fourth-order valence-corrected chi connectivity index (χ4v) is 3.21. The van der Waals surface area contributed by atoms with Crippen LogP contribution in [0.25, 0.3) is 22.5 Å². The van der Waals surface area contributed by atoms with Gasteiger partial charge in [0.1, 0.15) is 35.5 Å². The van der Waals surface area contributed by atoms with E-state index >= 15 is 0 Å². The van der Waals surface area contributed by atoms with Crippen molar-refractivity contribution in [2.45, 2.75) is 31.0 Å². The molecule has 0 unspecified atom stereocenters. The number of hydrogen-bond donors (Lipinski definition) is 3. The van der Waals surface area contributed by atoms with Crippen LogP contribution in [0.3, 0.4) is 0 Å². The van der Waals surface area contributed by atoms with Gasteiger partial charge in [-0.05, 0) is 19.1 Å². The van der Waals surface area contributed by atoms with Crippen molar-refractivity contribution < 1.29 is 28.9 Å². The molecular formula is C16H16FN3O5. The van der Waals surface area contributed by atoms with E-state index in [1.807, 2.05) is 0 Å². The van der Waals surface area contributed by atoms with Gasteiger partial charge in [0.25, 0.3) is 0 Å². The van der Waals surface area contributed by atoms with Crippen molar-refractivity contribution in [1.29, 1.82) is 0 Å². The first-order valence-corrected chi connectivity index (χ1v) is 7.66. The second-order valence-corrected chi connectivity index (χ2v) is 6.16. The monoisotopic (exact) mass is 349 g/mol. The molecule has 0 radical (unpaired) electrons. The molecule has 3 aromatic rings. The molecule has 8 nitrogen and oxygen atoms in total. The van der Waals surface area contributed by atoms with E-state index in [1.165, 1.54) is 24.1 Å². The summed E-state index contributed by atoms with van der Waals surface area (Å²) in [5.41, 5.74) is -1.31. The highest BCUT2D eigenvalue weighted by Gasteiger charge is 2.53. The van der Waals surface area contributed by atoms with Crippen LogP contribution < -0.4 is 0 Å². The molecule has 4 atom stereocenters. The molecule has 1 aliphatic rings. The first-order chi connectivity index (χ1) is 11.9. The maximum Gasteiger partial charge on any atom is 0.167 e. The van der Waals surface area contributed by atoms with Gasteiger partial charge in [-0.1, -0.05) is 0 Å². The van der Waals surface area contributed by atoms with Crippen molar-refractivity contribution in [2.24, 2.45) is 0 Å². The number of hydrogen-bond acceptors (Lipinski definition) is 7. The van der Waals surface area contributed by atoms with Crippen LogP contribution in [-0.4, -0.2) is 54.3 Å². The minimum absolute atomic E-state index is 0.110. The van der Waals surface area contributed by atoms with E-state index in [4.69, 9.17) is 9.15 Å². The van der Waals surface area contributed by atoms with Crippen LogP contribution in [0.5, 0.6) is 0 Å². The standard InChI is InChI=1S/C16H16FN3O5/c1-16(23)13(22)10(6-21)25-15(16)20-5-8(17)11-12(9-3-2-4-24-9)18-7-19-14(11)20/h2-5,7,10,13,15,21-23H,6H2,1H3/t10-,13-,15-,16-/m1/s1. The van der Waals surface area contributed by atoms with Crippen LogP contribution in [0.4, 0.5) is 4.39 Å². The Kier molecular flexibility index (Phi) is 3.62. The maximum absolute atomic E-state index is 14.6. The Bertz CT molecular complexity index is 908. The largest absolute Gasteiger partial charge is 0.463 e. The fraction of sp³-hybridized carbons (Fsp3) is 0.375. The average molecular weight is 349 g/mol. The lowest BCUT2D eigenvalue weighted by molar-refractivity contribution is -0.0949. The minimum Gasteiger partial charge on any atom is -0.463 e. The Morgan fingerprint density at radius 1 is 1.40 bits per heavy atom. The number of ether oxygens (including phenoxy) is 1. The number of fused-ring (bicyclic) bond motifs is 1. The number of rotatable bonds is 3. The van der Waals surface area contributed by atoms with Gasteiger partial charge >= 0.3 is 0 Å². The number of aliphatic hydroxyl groups excluding tert-OH is 2. The Morgan fingerprint density at radius 2 is 2.20 bits per heavy atom. The predicted octanol–water partition coefficient (Wildman–Crippen LogP) is 0.832. The van der Waals surface area contributed by atoms with Crippen LogP contribution >= 0.6 is 0 Å². The van der Waals surface area contributed by atoms with E-state index in [0.29, 0.717) is 5.76 Å². The van der Waals surface area contributed by atoms with Gasteiger partial charge in [0.15, 0.2) is 17.8 Å². The van der Waals surface area contributed by atoms with Crippen molar-refractivity contribution in [3.63, 3.8) is 0 Å². The lowest BCUT2D eigenvalue weighted by Crippen LogP contribution is -2.44. The summed E-state index contributed by atoms with van der Waals surface area (Å²) in [6, 6.07) is 3.30. The topological polar surface area (TPSA) is 114 Å². The van der Waals surface area contributed by atoms with E-state index in [1.54, 1.807) is 12.1 Å². The first-order valence-electron chi connectivity index (χ1n) is 7.66. The third kappa shape index (κ3) is 2.28. The average Bonchev–Trinajstić information content (AvgIpc) is 3.28. The highest BCUT2D eigenvalue weighted by atomic mass is 19.1. The zero-order valence-electron chi connectivity index (χ0n) is 13.2. The van der Waals surface area contributed by atoms with Crippen LogP contribution in [0.1, 0.15) is 13.2 Å². The van der Waals surface area contributed by atoms with Crippen LogP contribution in [0, 0.1) is 5.82 Å². The molecule has 0 spiro atoms. The van der Waals surface area contributed by atoms with Crippen molar-refractivity contribution in [2.75, 3.05) is 6.61 Å². The van der Waals surface area contributed by atoms with Crippen molar-refractivity contribution >= 4 is 11.0 Å². The van der Waals surface area contributed by atoms with Gasteiger partial charge in [-0.3, -0.25) is 4.57 Å². The Hall–Kier alpha value is -2.33. The van der Waals surface area contributed by atoms with Gasteiger partial charge in [0.2, 0.25) is 0 Å². The number of furan rings is 1. The molecule has 132 valence electrons. The lowest BCUT2D eigenvalue weighted by atomic mass is 9.96. The lowest BCUT2D eigenvalue weighted by Gasteiger charge is -2.27. The van der Waals surface area contributed by atoms with Gasteiger partial charge < -0.3 is 24.5 Å². The van der Waals surface area contributed by atoms with Gasteiger partial charge in [-0.2, -0.15) is 0 Å². The molecule has 4 heterocycles. The van der Waals surface area contributed by atoms with E-state index < -0.39 is 36.5 Å². The second kappa shape index (κ2) is 5.60. The molecule has 1 fully saturated rings. The SMILES string of the molecule is C[C@@]1(O)[C@H](O)[C@@H](CO)O[C@H]1n1cc(F)c2c(-c3ccco3)ncnc21. The van der Waals surface area contributed by atoms with Crippen LogP contribution in [0.15, 0.2) is 35.3 Å². The first kappa shape index (κ1) is 16.2. The highest BCUT2D eigenvalue weighted by molar-refractivity contribution is 5.90. The smallest absolute Gasteiger partial charge is 0.167 e. The van der Waals surface area contributed by atoms with Crippen molar-refractivity contribution in [1.82, 2.24) is 14.5 Å². The summed E-state index contributed by atoms with van der Waals surface area (Å²) in [5.74, 6) is -0.250. The predicted molar refractivity (Wildman–Crippen MR) is 82.8 cm³/mol. The van der Waals surface area contributed by atoms with E-state index in [0.717, 1.165) is 6.20 Å². The zero-order valence-corrected chi connectivity index (χ0v) is 13.2. The van der Waals surface area contributed by atoms with E-state index in [9.17, 15) is 19.7 Å². The maximum atomic E-state index is 14.6. The van der Waals surface area contributed by atoms with Crippen LogP contribution in [0.2, 0.25) is 0 Å². The number of nitrogens with zero attached hydrogens (tertiary/aromatic N) is 3. The fourth-order valence-electron chi connectivity index (χ4n) is 3.21. The summed E-state index contributed by atoms with van der Waals surface area (Å²) < 4.78 is 26.8. The number of halogens is 1. The molecule has 0 saturated carbocycles. The zero-order chi connectivity index (χ0) is 17.8. The molecule has 0 bridgehead atoms.